The highest BCUT2D eigenvalue weighted by Gasteiger charge is 2.16. The monoisotopic (exact) mass is 214 g/mol. The molecule has 3 nitrogen and oxygen atoms in total. The standard InChI is InChI=1S/C8H4Cl2N2O/c9-6(4-11)7-5(8(10)13)2-1-3-12-7/h1-3,6H. The molecule has 0 amide bonds. The zero-order chi connectivity index (χ0) is 9.84. The van der Waals surface area contributed by atoms with Gasteiger partial charge in [-0.15, -0.1) is 0 Å². The number of carbonyl (C=O) groups is 1. The molecular weight excluding hydrogens is 211 g/mol. The third-order valence-corrected chi connectivity index (χ3v) is 1.91. The van der Waals surface area contributed by atoms with Crippen LogP contribution in [0.4, 0.5) is 0 Å². The summed E-state index contributed by atoms with van der Waals surface area (Å²) < 4.78 is 0. The lowest BCUT2D eigenvalue weighted by molar-refractivity contribution is 0.108. The van der Waals surface area contributed by atoms with E-state index in [1.165, 1.54) is 12.3 Å². The maximum Gasteiger partial charge on any atom is 0.254 e. The summed E-state index contributed by atoms with van der Waals surface area (Å²) in [4.78, 5) is 14.7. The van der Waals surface area contributed by atoms with E-state index in [2.05, 4.69) is 4.98 Å². The molecule has 0 aliphatic heterocycles. The third kappa shape index (κ3) is 2.18. The molecular formula is C8H4Cl2N2O. The zero-order valence-electron chi connectivity index (χ0n) is 6.37. The van der Waals surface area contributed by atoms with Crippen LogP contribution in [0.15, 0.2) is 18.3 Å². The van der Waals surface area contributed by atoms with Gasteiger partial charge in [-0.25, -0.2) is 0 Å². The Morgan fingerprint density at radius 3 is 2.92 bits per heavy atom. The van der Waals surface area contributed by atoms with Crippen LogP contribution in [0.2, 0.25) is 0 Å². The summed E-state index contributed by atoms with van der Waals surface area (Å²) in [5.41, 5.74) is 0.373. The molecule has 0 bridgehead atoms. The number of halogens is 2. The topological polar surface area (TPSA) is 53.8 Å². The van der Waals surface area contributed by atoms with E-state index in [9.17, 15) is 4.79 Å². The summed E-state index contributed by atoms with van der Waals surface area (Å²) in [5.74, 6) is 0. The molecule has 0 saturated carbocycles. The molecule has 0 aromatic carbocycles. The Bertz CT molecular complexity index is 373. The van der Waals surface area contributed by atoms with Crippen molar-refractivity contribution < 1.29 is 4.79 Å². The summed E-state index contributed by atoms with van der Waals surface area (Å²) >= 11 is 10.9. The van der Waals surface area contributed by atoms with Gasteiger partial charge in [0.1, 0.15) is 0 Å². The van der Waals surface area contributed by atoms with Crippen LogP contribution in [-0.4, -0.2) is 10.2 Å². The number of hydrogen-bond acceptors (Lipinski definition) is 3. The highest BCUT2D eigenvalue weighted by atomic mass is 35.5. The van der Waals surface area contributed by atoms with E-state index in [0.717, 1.165) is 0 Å². The van der Waals surface area contributed by atoms with E-state index in [0.29, 0.717) is 0 Å². The molecule has 0 N–H and O–H groups in total. The Labute approximate surface area is 84.9 Å². The zero-order valence-corrected chi connectivity index (χ0v) is 7.88. The largest absolute Gasteiger partial charge is 0.276 e. The molecule has 0 spiro atoms. The minimum atomic E-state index is -0.945. The highest BCUT2D eigenvalue weighted by molar-refractivity contribution is 6.68. The smallest absolute Gasteiger partial charge is 0.254 e. The first-order valence-corrected chi connectivity index (χ1v) is 4.16. The summed E-state index contributed by atoms with van der Waals surface area (Å²) in [6, 6.07) is 4.80. The second kappa shape index (κ2) is 4.22. The molecule has 0 saturated heterocycles. The second-order valence-electron chi connectivity index (χ2n) is 2.20. The second-order valence-corrected chi connectivity index (χ2v) is 2.98. The van der Waals surface area contributed by atoms with Gasteiger partial charge < -0.3 is 0 Å². The summed E-state index contributed by atoms with van der Waals surface area (Å²) in [6.45, 7) is 0. The predicted octanol–water partition coefficient (Wildman–Crippen LogP) is 2.26. The summed E-state index contributed by atoms with van der Waals surface area (Å²) in [6.07, 6.45) is 1.45. The average molecular weight is 215 g/mol. The fourth-order valence-corrected chi connectivity index (χ4v) is 1.18. The van der Waals surface area contributed by atoms with E-state index in [1.807, 2.05) is 0 Å². The third-order valence-electron chi connectivity index (χ3n) is 1.40. The lowest BCUT2D eigenvalue weighted by Crippen LogP contribution is -2.01. The van der Waals surface area contributed by atoms with Crippen LogP contribution in [0, 0.1) is 11.3 Å². The molecule has 13 heavy (non-hydrogen) atoms. The number of hydrogen-bond donors (Lipinski definition) is 0. The van der Waals surface area contributed by atoms with Gasteiger partial charge >= 0.3 is 0 Å². The molecule has 0 aliphatic rings. The van der Waals surface area contributed by atoms with E-state index in [-0.39, 0.29) is 11.3 Å². The number of rotatable bonds is 2. The van der Waals surface area contributed by atoms with E-state index >= 15 is 0 Å². The van der Waals surface area contributed by atoms with Crippen LogP contribution in [0.3, 0.4) is 0 Å². The van der Waals surface area contributed by atoms with Gasteiger partial charge in [-0.1, -0.05) is 11.6 Å². The molecule has 1 atom stereocenters. The lowest BCUT2D eigenvalue weighted by Gasteiger charge is -2.03. The summed E-state index contributed by atoms with van der Waals surface area (Å²) in [7, 11) is 0. The Balaban J connectivity index is 3.21. The van der Waals surface area contributed by atoms with Crippen molar-refractivity contribution in [3.63, 3.8) is 0 Å². The Kier molecular flexibility index (Phi) is 3.24. The number of nitrogens with zero attached hydrogens (tertiary/aromatic N) is 2. The molecule has 1 rings (SSSR count). The van der Waals surface area contributed by atoms with Crippen LogP contribution in [-0.2, 0) is 0 Å². The van der Waals surface area contributed by atoms with Crippen LogP contribution in [0.5, 0.6) is 0 Å². The van der Waals surface area contributed by atoms with Gasteiger partial charge in [0.15, 0.2) is 5.38 Å². The van der Waals surface area contributed by atoms with Crippen molar-refractivity contribution in [1.82, 2.24) is 4.98 Å². The Morgan fingerprint density at radius 2 is 2.38 bits per heavy atom. The quantitative estimate of drug-likeness (QED) is 0.561. The van der Waals surface area contributed by atoms with E-state index in [1.54, 1.807) is 12.1 Å². The highest BCUT2D eigenvalue weighted by Crippen LogP contribution is 2.21. The maximum atomic E-state index is 10.8. The lowest BCUT2D eigenvalue weighted by atomic mass is 10.1. The molecule has 66 valence electrons. The van der Waals surface area contributed by atoms with E-state index in [4.69, 9.17) is 28.5 Å². The fourth-order valence-electron chi connectivity index (χ4n) is 0.847. The molecule has 5 heteroatoms. The SMILES string of the molecule is N#CC(Cl)c1ncccc1C(=O)Cl. The number of carbonyl (C=O) groups excluding carboxylic acids is 1. The van der Waals surface area contributed by atoms with Gasteiger partial charge in [0, 0.05) is 6.20 Å². The molecule has 1 heterocycles. The minimum Gasteiger partial charge on any atom is -0.276 e. The van der Waals surface area contributed by atoms with Crippen LogP contribution >= 0.6 is 23.2 Å². The van der Waals surface area contributed by atoms with Crippen molar-refractivity contribution in [3.05, 3.63) is 29.6 Å². The average Bonchev–Trinajstić information content (AvgIpc) is 2.16. The van der Waals surface area contributed by atoms with Crippen molar-refractivity contribution in [1.29, 1.82) is 5.26 Å². The summed E-state index contributed by atoms with van der Waals surface area (Å²) in [5, 5.41) is 6.91. The van der Waals surface area contributed by atoms with Gasteiger partial charge in [0.2, 0.25) is 0 Å². The number of pyridine rings is 1. The molecule has 1 unspecified atom stereocenters. The number of alkyl halides is 1. The Morgan fingerprint density at radius 1 is 1.69 bits per heavy atom. The van der Waals surface area contributed by atoms with Crippen LogP contribution < -0.4 is 0 Å². The van der Waals surface area contributed by atoms with Crippen molar-refractivity contribution >= 4 is 28.4 Å². The van der Waals surface area contributed by atoms with Crippen molar-refractivity contribution in [2.75, 3.05) is 0 Å². The molecule has 1 aromatic heterocycles. The number of aromatic nitrogens is 1. The first kappa shape index (κ1) is 9.97. The first-order chi connectivity index (χ1) is 6.16. The van der Waals surface area contributed by atoms with Gasteiger partial charge in [0.25, 0.3) is 5.24 Å². The molecule has 1 aromatic rings. The Hall–Kier alpha value is -1.11. The van der Waals surface area contributed by atoms with Gasteiger partial charge in [-0.2, -0.15) is 5.26 Å². The fraction of sp³-hybridized carbons (Fsp3) is 0.125. The predicted molar refractivity (Wildman–Crippen MR) is 48.6 cm³/mol. The van der Waals surface area contributed by atoms with Gasteiger partial charge in [0.05, 0.1) is 17.3 Å². The van der Waals surface area contributed by atoms with Crippen LogP contribution in [0.1, 0.15) is 21.4 Å². The van der Waals surface area contributed by atoms with Crippen LogP contribution in [0.25, 0.3) is 0 Å². The van der Waals surface area contributed by atoms with E-state index < -0.39 is 10.6 Å². The first-order valence-electron chi connectivity index (χ1n) is 3.35. The van der Waals surface area contributed by atoms with Crippen molar-refractivity contribution in [2.24, 2.45) is 0 Å². The van der Waals surface area contributed by atoms with Gasteiger partial charge in [-0.3, -0.25) is 9.78 Å². The molecule has 0 radical (unpaired) electrons. The van der Waals surface area contributed by atoms with Gasteiger partial charge in [-0.05, 0) is 23.7 Å². The number of nitriles is 1. The van der Waals surface area contributed by atoms with Crippen molar-refractivity contribution in [2.45, 2.75) is 5.38 Å². The van der Waals surface area contributed by atoms with Crippen molar-refractivity contribution in [3.8, 4) is 6.07 Å². The maximum absolute atomic E-state index is 10.8. The molecule has 0 aliphatic carbocycles. The minimum absolute atomic E-state index is 0.172. The normalized spacial score (nSPS) is 11.8. The molecule has 0 fully saturated rings.